The van der Waals surface area contributed by atoms with E-state index in [4.69, 9.17) is 47.5 Å². The number of thiocarbonyl (C=S) groups is 1. The molecule has 1 aromatic carbocycles. The van der Waals surface area contributed by atoms with Crippen molar-refractivity contribution in [3.63, 3.8) is 0 Å². The van der Waals surface area contributed by atoms with Crippen LogP contribution in [0.15, 0.2) is 36.4 Å². The average Bonchev–Trinajstić information content (AvgIpc) is 3.61. The zero-order valence-corrected chi connectivity index (χ0v) is 42.1. The fourth-order valence-electron chi connectivity index (χ4n) is 11.6. The molecule has 0 saturated carbocycles. The predicted molar refractivity (Wildman–Crippen MR) is 255 cm³/mol. The maximum absolute atomic E-state index is 14.7. The number of nitrogens with one attached hydrogen (secondary N) is 1. The van der Waals surface area contributed by atoms with Gasteiger partial charge >= 0.3 is 5.97 Å². The highest BCUT2D eigenvalue weighted by molar-refractivity contribution is 8.22. The molecule has 360 valence electrons. The summed E-state index contributed by atoms with van der Waals surface area (Å²) in [5.41, 5.74) is -0.543. The number of aliphatic hydroxyl groups excluding tert-OH is 1. The number of benzene rings is 1. The standard InChI is InChI=1S/C50H76ClNO10S2/c1-11-36(45(55)56)38-19-14-28(4)43(59-38)32(8)41(53)31(7)42(54)37(12-2)44-29(5)26-30(6)49(60-44)23-20-39(52-46(63)64-27-34-15-17-35(51)18-16-34)50(62-49)25-24-47(10,61-50)40-21-22-48(57,13-3)33(9)58-40/h15-18,20,23,28-33,36-41,43-44,53,57H,11-14,19,21-22,24-27H2,1-10H3,(H,52,63)(H,55,56)/t28-,29-,30+,31-,32-,33-,36+,37-,38+,39+,40+,41+,43+,44-,47-,48+,49-,50-/m0/s1. The van der Waals surface area contributed by atoms with Gasteiger partial charge in [-0.2, -0.15) is 0 Å². The van der Waals surface area contributed by atoms with Crippen molar-refractivity contribution < 1.29 is 48.6 Å². The highest BCUT2D eigenvalue weighted by Gasteiger charge is 2.63. The fraction of sp³-hybridized carbons (Fsp3) is 0.780. The van der Waals surface area contributed by atoms with Crippen molar-refractivity contribution in [3.05, 3.63) is 47.0 Å². The summed E-state index contributed by atoms with van der Waals surface area (Å²) in [6, 6.07) is 7.25. The number of aliphatic carboxylic acids is 1. The number of carboxylic acid groups (broad SMARTS) is 1. The molecule has 0 aliphatic carbocycles. The van der Waals surface area contributed by atoms with Gasteiger partial charge in [-0.1, -0.05) is 109 Å². The van der Waals surface area contributed by atoms with Crippen LogP contribution in [0.1, 0.15) is 139 Å². The van der Waals surface area contributed by atoms with Gasteiger partial charge in [0.05, 0.1) is 53.7 Å². The van der Waals surface area contributed by atoms with E-state index < -0.39 is 76.8 Å². The van der Waals surface area contributed by atoms with Crippen LogP contribution in [-0.2, 0) is 39.0 Å². The smallest absolute Gasteiger partial charge is 0.309 e. The van der Waals surface area contributed by atoms with E-state index in [0.717, 1.165) is 18.4 Å². The molecule has 0 unspecified atom stereocenters. The Bertz CT molecular complexity index is 1820. The molecule has 0 bridgehead atoms. The zero-order valence-electron chi connectivity index (χ0n) is 39.7. The van der Waals surface area contributed by atoms with Gasteiger partial charge in [0.15, 0.2) is 11.6 Å². The van der Waals surface area contributed by atoms with Crippen LogP contribution in [0, 0.1) is 41.4 Å². The summed E-state index contributed by atoms with van der Waals surface area (Å²) in [6.07, 6.45) is 7.21. The Hall–Kier alpha value is -1.65. The van der Waals surface area contributed by atoms with Gasteiger partial charge in [-0.25, -0.2) is 0 Å². The number of rotatable bonds is 15. The van der Waals surface area contributed by atoms with Gasteiger partial charge in [0.2, 0.25) is 0 Å². The second-order valence-electron chi connectivity index (χ2n) is 20.3. The van der Waals surface area contributed by atoms with Gasteiger partial charge in [-0.3, -0.25) is 9.59 Å². The molecule has 2 spiro atoms. The fourth-order valence-corrected chi connectivity index (χ4v) is 12.7. The Morgan fingerprint density at radius 3 is 2.25 bits per heavy atom. The minimum atomic E-state index is -1.23. The Morgan fingerprint density at radius 1 is 0.938 bits per heavy atom. The van der Waals surface area contributed by atoms with Crippen LogP contribution in [-0.4, -0.2) is 96.8 Å². The summed E-state index contributed by atoms with van der Waals surface area (Å²) in [5, 5.41) is 37.3. The normalized spacial score (nSPS) is 40.1. The summed E-state index contributed by atoms with van der Waals surface area (Å²) >= 11 is 13.6. The van der Waals surface area contributed by atoms with Crippen molar-refractivity contribution in [1.82, 2.24) is 5.32 Å². The van der Waals surface area contributed by atoms with Gasteiger partial charge in [0.1, 0.15) is 16.1 Å². The van der Waals surface area contributed by atoms with E-state index in [1.807, 2.05) is 65.0 Å². The molecule has 4 N–H and O–H groups in total. The topological polar surface area (TPSA) is 153 Å². The number of ketones is 1. The van der Waals surface area contributed by atoms with Crippen LogP contribution in [0.25, 0.3) is 0 Å². The molecular weight excluding hydrogens is 874 g/mol. The summed E-state index contributed by atoms with van der Waals surface area (Å²) in [4.78, 5) is 26.8. The SMILES string of the molecule is CC[C@@H](C(=O)[C@@H](C)[C@@H](O)[C@H](C)[C@@H]1O[C@@H]([C@@H](CC)C(=O)O)CC[C@@H]1C)[C@H]1O[C@]2(C=C[C@@H](NC(=S)SCc3ccc(Cl)cc3)[C@]3(CC[C@@](C)([C@H]4CC[C@](O)(CC)[C@H](C)O4)O3)O2)[C@H](C)C[C@@H]1C. The van der Waals surface area contributed by atoms with Crippen molar-refractivity contribution in [2.75, 3.05) is 0 Å². The van der Waals surface area contributed by atoms with Crippen LogP contribution >= 0.6 is 35.6 Å². The molecule has 5 heterocycles. The van der Waals surface area contributed by atoms with E-state index >= 15 is 0 Å². The lowest BCUT2D eigenvalue weighted by Gasteiger charge is -2.55. The number of hydrogen-bond acceptors (Lipinski definition) is 11. The number of thioether (sulfide) groups is 1. The Balaban J connectivity index is 1.23. The number of ether oxygens (including phenoxy) is 5. The van der Waals surface area contributed by atoms with Gasteiger partial charge in [-0.05, 0) is 107 Å². The lowest BCUT2D eigenvalue weighted by atomic mass is 9.72. The van der Waals surface area contributed by atoms with Crippen LogP contribution in [0.5, 0.6) is 0 Å². The molecule has 0 radical (unpaired) electrons. The zero-order chi connectivity index (χ0) is 46.9. The molecule has 5 aliphatic heterocycles. The first kappa shape index (κ1) is 51.7. The van der Waals surface area contributed by atoms with Crippen LogP contribution in [0.3, 0.4) is 0 Å². The van der Waals surface area contributed by atoms with Crippen LogP contribution in [0.4, 0.5) is 0 Å². The minimum Gasteiger partial charge on any atom is -0.481 e. The van der Waals surface area contributed by atoms with Crippen molar-refractivity contribution in [3.8, 4) is 0 Å². The third kappa shape index (κ3) is 10.6. The monoisotopic (exact) mass is 949 g/mol. The summed E-state index contributed by atoms with van der Waals surface area (Å²) in [7, 11) is 0. The van der Waals surface area contributed by atoms with Gasteiger partial charge in [-0.15, -0.1) is 0 Å². The minimum absolute atomic E-state index is 0.00518. The Labute approximate surface area is 396 Å². The second kappa shape index (κ2) is 20.9. The molecule has 11 nitrogen and oxygen atoms in total. The van der Waals surface area contributed by atoms with Crippen molar-refractivity contribution >= 4 is 51.7 Å². The van der Waals surface area contributed by atoms with E-state index in [-0.39, 0.29) is 41.8 Å². The molecule has 64 heavy (non-hydrogen) atoms. The molecule has 14 heteroatoms. The van der Waals surface area contributed by atoms with E-state index in [1.54, 1.807) is 6.92 Å². The summed E-state index contributed by atoms with van der Waals surface area (Å²) < 4.78 is 35.5. The number of carboxylic acids is 1. The summed E-state index contributed by atoms with van der Waals surface area (Å²) in [6.45, 7) is 19.9. The molecule has 6 rings (SSSR count). The quantitative estimate of drug-likeness (QED) is 0.0976. The maximum atomic E-state index is 14.7. The number of carbonyl (C=O) groups is 2. The third-order valence-corrected chi connectivity index (χ3v) is 17.6. The van der Waals surface area contributed by atoms with E-state index in [1.165, 1.54) is 11.8 Å². The Morgan fingerprint density at radius 2 is 1.62 bits per heavy atom. The van der Waals surface area contributed by atoms with Crippen molar-refractivity contribution in [1.29, 1.82) is 0 Å². The molecule has 1 aromatic rings. The number of hydrogen-bond donors (Lipinski definition) is 4. The van der Waals surface area contributed by atoms with Gasteiger partial charge in [0.25, 0.3) is 0 Å². The first-order chi connectivity index (χ1) is 30.1. The van der Waals surface area contributed by atoms with E-state index in [0.29, 0.717) is 66.5 Å². The van der Waals surface area contributed by atoms with Gasteiger partial charge < -0.3 is 44.3 Å². The van der Waals surface area contributed by atoms with Crippen molar-refractivity contribution in [2.45, 2.75) is 205 Å². The lowest BCUT2D eigenvalue weighted by molar-refractivity contribution is -0.397. The lowest BCUT2D eigenvalue weighted by Crippen LogP contribution is -2.65. The molecule has 18 atom stereocenters. The second-order valence-corrected chi connectivity index (χ2v) is 22.4. The summed E-state index contributed by atoms with van der Waals surface area (Å²) in [5.74, 6) is -5.00. The highest BCUT2D eigenvalue weighted by Crippen LogP contribution is 2.54. The Kier molecular flexibility index (Phi) is 16.9. The predicted octanol–water partition coefficient (Wildman–Crippen LogP) is 9.66. The molecular formula is C50H76ClNO10S2. The van der Waals surface area contributed by atoms with Crippen LogP contribution in [0.2, 0.25) is 5.02 Å². The molecule has 0 amide bonds. The molecule has 4 saturated heterocycles. The molecule has 4 fully saturated rings. The number of Topliss-reactive ketones (excluding diaryl/α,β-unsaturated/α-hetero) is 1. The number of carbonyl (C=O) groups excluding carboxylic acids is 1. The number of halogens is 1. The average molecular weight is 951 g/mol. The number of aliphatic hydroxyl groups is 2. The van der Waals surface area contributed by atoms with E-state index in [9.17, 15) is 24.9 Å². The van der Waals surface area contributed by atoms with E-state index in [2.05, 4.69) is 39.1 Å². The van der Waals surface area contributed by atoms with Crippen molar-refractivity contribution in [2.24, 2.45) is 41.4 Å². The first-order valence-corrected chi connectivity index (χ1v) is 25.9. The van der Waals surface area contributed by atoms with Crippen LogP contribution < -0.4 is 5.32 Å². The third-order valence-electron chi connectivity index (χ3n) is 16.0. The first-order valence-electron chi connectivity index (χ1n) is 24.1. The van der Waals surface area contributed by atoms with Gasteiger partial charge in [0, 0.05) is 40.9 Å². The highest BCUT2D eigenvalue weighted by atomic mass is 35.5. The largest absolute Gasteiger partial charge is 0.481 e. The maximum Gasteiger partial charge on any atom is 0.309 e. The molecule has 0 aromatic heterocycles. The molecule has 5 aliphatic rings.